The molecule has 1 aliphatic rings. The van der Waals surface area contributed by atoms with Crippen molar-refractivity contribution < 1.29 is 13.2 Å². The molecule has 0 bridgehead atoms. The Morgan fingerprint density at radius 2 is 1.95 bits per heavy atom. The average Bonchev–Trinajstić information content (AvgIpc) is 2.23. The third-order valence-electron chi connectivity index (χ3n) is 3.37. The summed E-state index contributed by atoms with van der Waals surface area (Å²) in [5, 5.41) is 2.73. The van der Waals surface area contributed by atoms with Crippen LogP contribution >= 0.6 is 0 Å². The summed E-state index contributed by atoms with van der Waals surface area (Å²) in [6.45, 7) is 10.8. The molecule has 1 heterocycles. The van der Waals surface area contributed by atoms with E-state index in [-0.39, 0.29) is 11.6 Å². The maximum absolute atomic E-state index is 12.2. The van der Waals surface area contributed by atoms with Gasteiger partial charge in [-0.15, -0.1) is 0 Å². The lowest BCUT2D eigenvalue weighted by molar-refractivity contribution is -0.0599. The Kier molecular flexibility index (Phi) is 5.79. The monoisotopic (exact) mass is 292 g/mol. The van der Waals surface area contributed by atoms with Gasteiger partial charge in [0.25, 0.3) is 0 Å². The standard InChI is InChI=1S/C13H28N2O3S/c1-10(2)14-9-11(3)19(16,17)15-12-6-7-18-13(4,5)8-12/h10-12,14-15H,6-9H2,1-5H3. The van der Waals surface area contributed by atoms with Crippen LogP contribution in [0.1, 0.15) is 47.5 Å². The van der Waals surface area contributed by atoms with Crippen LogP contribution in [0.4, 0.5) is 0 Å². The Bertz CT molecular complexity index is 379. The molecule has 0 aromatic heterocycles. The second-order valence-corrected chi connectivity index (χ2v) is 8.46. The van der Waals surface area contributed by atoms with Crippen LogP contribution in [0.5, 0.6) is 0 Å². The molecule has 0 aliphatic carbocycles. The number of hydrogen-bond acceptors (Lipinski definition) is 4. The van der Waals surface area contributed by atoms with Gasteiger partial charge in [-0.3, -0.25) is 0 Å². The first-order chi connectivity index (χ1) is 8.62. The van der Waals surface area contributed by atoms with Crippen molar-refractivity contribution in [1.82, 2.24) is 10.0 Å². The van der Waals surface area contributed by atoms with E-state index in [0.29, 0.717) is 19.2 Å². The van der Waals surface area contributed by atoms with E-state index in [4.69, 9.17) is 4.74 Å². The highest BCUT2D eigenvalue weighted by Gasteiger charge is 2.32. The number of nitrogens with one attached hydrogen (secondary N) is 2. The molecule has 0 aromatic rings. The maximum Gasteiger partial charge on any atom is 0.215 e. The lowest BCUT2D eigenvalue weighted by Gasteiger charge is -2.36. The normalized spacial score (nSPS) is 25.5. The van der Waals surface area contributed by atoms with Gasteiger partial charge in [0.05, 0.1) is 10.9 Å². The van der Waals surface area contributed by atoms with Crippen LogP contribution in [-0.4, -0.2) is 44.5 Å². The third-order valence-corrected chi connectivity index (χ3v) is 5.26. The van der Waals surface area contributed by atoms with Gasteiger partial charge >= 0.3 is 0 Å². The fourth-order valence-corrected chi connectivity index (χ4v) is 3.41. The second kappa shape index (κ2) is 6.52. The smallest absolute Gasteiger partial charge is 0.215 e. The van der Waals surface area contributed by atoms with Gasteiger partial charge in [0.15, 0.2) is 0 Å². The van der Waals surface area contributed by atoms with E-state index in [1.165, 1.54) is 0 Å². The first-order valence-electron chi connectivity index (χ1n) is 7.01. The van der Waals surface area contributed by atoms with Crippen molar-refractivity contribution in [3.8, 4) is 0 Å². The molecule has 6 heteroatoms. The fraction of sp³-hybridized carbons (Fsp3) is 1.00. The van der Waals surface area contributed by atoms with E-state index < -0.39 is 15.3 Å². The van der Waals surface area contributed by atoms with E-state index in [9.17, 15) is 8.42 Å². The minimum Gasteiger partial charge on any atom is -0.375 e. The number of ether oxygens (including phenoxy) is 1. The van der Waals surface area contributed by atoms with Gasteiger partial charge < -0.3 is 10.1 Å². The van der Waals surface area contributed by atoms with E-state index in [0.717, 1.165) is 12.8 Å². The van der Waals surface area contributed by atoms with Crippen molar-refractivity contribution in [3.05, 3.63) is 0 Å². The summed E-state index contributed by atoms with van der Waals surface area (Å²) < 4.78 is 32.9. The summed E-state index contributed by atoms with van der Waals surface area (Å²) in [5.74, 6) is 0. The lowest BCUT2D eigenvalue weighted by atomic mass is 9.95. The Morgan fingerprint density at radius 3 is 2.47 bits per heavy atom. The van der Waals surface area contributed by atoms with Gasteiger partial charge in [-0.1, -0.05) is 13.8 Å². The van der Waals surface area contributed by atoms with E-state index in [2.05, 4.69) is 10.0 Å². The van der Waals surface area contributed by atoms with Gasteiger partial charge in [-0.05, 0) is 33.6 Å². The molecule has 1 rings (SSSR count). The average molecular weight is 292 g/mol. The van der Waals surface area contributed by atoms with E-state index >= 15 is 0 Å². The molecule has 19 heavy (non-hydrogen) atoms. The molecule has 2 atom stereocenters. The van der Waals surface area contributed by atoms with Crippen molar-refractivity contribution in [2.45, 2.75) is 70.4 Å². The van der Waals surface area contributed by atoms with Gasteiger partial charge in [0.2, 0.25) is 10.0 Å². The summed E-state index contributed by atoms with van der Waals surface area (Å²) >= 11 is 0. The van der Waals surface area contributed by atoms with Crippen molar-refractivity contribution in [3.63, 3.8) is 0 Å². The van der Waals surface area contributed by atoms with E-state index in [1.54, 1.807) is 6.92 Å². The molecule has 1 fully saturated rings. The zero-order chi connectivity index (χ0) is 14.7. The predicted molar refractivity (Wildman–Crippen MR) is 77.7 cm³/mol. The molecule has 1 aliphatic heterocycles. The van der Waals surface area contributed by atoms with Crippen LogP contribution in [-0.2, 0) is 14.8 Å². The van der Waals surface area contributed by atoms with Gasteiger partial charge in [-0.25, -0.2) is 13.1 Å². The number of rotatable bonds is 6. The van der Waals surface area contributed by atoms with Crippen molar-refractivity contribution in [2.24, 2.45) is 0 Å². The van der Waals surface area contributed by atoms with Gasteiger partial charge in [-0.2, -0.15) is 0 Å². The van der Waals surface area contributed by atoms with E-state index in [1.807, 2.05) is 27.7 Å². The largest absolute Gasteiger partial charge is 0.375 e. The van der Waals surface area contributed by atoms with Crippen LogP contribution in [0.3, 0.4) is 0 Å². The summed E-state index contributed by atoms with van der Waals surface area (Å²) in [6, 6.07) is 0.273. The molecular weight excluding hydrogens is 264 g/mol. The molecule has 0 radical (unpaired) electrons. The lowest BCUT2D eigenvalue weighted by Crippen LogP contribution is -2.49. The molecule has 1 saturated heterocycles. The van der Waals surface area contributed by atoms with Crippen molar-refractivity contribution in [2.75, 3.05) is 13.2 Å². The SMILES string of the molecule is CC(C)NCC(C)S(=O)(=O)NC1CCOC(C)(C)C1. The quantitative estimate of drug-likeness (QED) is 0.773. The third kappa shape index (κ3) is 5.77. The highest BCUT2D eigenvalue weighted by Crippen LogP contribution is 2.24. The molecule has 0 spiro atoms. The predicted octanol–water partition coefficient (Wildman–Crippen LogP) is 1.25. The van der Waals surface area contributed by atoms with Crippen LogP contribution in [0.25, 0.3) is 0 Å². The highest BCUT2D eigenvalue weighted by atomic mass is 32.2. The Balaban J connectivity index is 2.54. The molecule has 0 aromatic carbocycles. The first-order valence-corrected chi connectivity index (χ1v) is 8.55. The maximum atomic E-state index is 12.2. The van der Waals surface area contributed by atoms with Crippen LogP contribution in [0, 0.1) is 0 Å². The Hall–Kier alpha value is -0.170. The molecule has 5 nitrogen and oxygen atoms in total. The van der Waals surface area contributed by atoms with Crippen molar-refractivity contribution >= 4 is 10.0 Å². The molecule has 2 unspecified atom stereocenters. The Morgan fingerprint density at radius 1 is 1.32 bits per heavy atom. The van der Waals surface area contributed by atoms with Crippen LogP contribution in [0.15, 0.2) is 0 Å². The summed E-state index contributed by atoms with van der Waals surface area (Å²) in [5.41, 5.74) is -0.245. The summed E-state index contributed by atoms with van der Waals surface area (Å²) in [6.07, 6.45) is 1.46. The zero-order valence-corrected chi connectivity index (χ0v) is 13.5. The highest BCUT2D eigenvalue weighted by molar-refractivity contribution is 7.90. The molecular formula is C13H28N2O3S. The van der Waals surface area contributed by atoms with Crippen LogP contribution in [0.2, 0.25) is 0 Å². The number of hydrogen-bond donors (Lipinski definition) is 2. The minimum absolute atomic E-state index is 0.0183. The molecule has 0 saturated carbocycles. The van der Waals surface area contributed by atoms with Crippen LogP contribution < -0.4 is 10.0 Å². The summed E-state index contributed by atoms with van der Waals surface area (Å²) in [4.78, 5) is 0. The summed E-state index contributed by atoms with van der Waals surface area (Å²) in [7, 11) is -3.27. The van der Waals surface area contributed by atoms with Gasteiger partial charge in [0.1, 0.15) is 0 Å². The van der Waals surface area contributed by atoms with Gasteiger partial charge in [0, 0.05) is 25.2 Å². The number of sulfonamides is 1. The first kappa shape index (κ1) is 16.9. The molecule has 0 amide bonds. The second-order valence-electron chi connectivity index (χ2n) is 6.33. The Labute approximate surface area is 117 Å². The molecule has 114 valence electrons. The zero-order valence-electron chi connectivity index (χ0n) is 12.7. The fourth-order valence-electron chi connectivity index (χ4n) is 2.19. The minimum atomic E-state index is -3.27. The topological polar surface area (TPSA) is 67.4 Å². The molecule has 2 N–H and O–H groups in total. The van der Waals surface area contributed by atoms with Crippen molar-refractivity contribution in [1.29, 1.82) is 0 Å².